The van der Waals surface area contributed by atoms with Crippen molar-refractivity contribution >= 4 is 17.5 Å². The molecule has 120 valence electrons. The number of likely N-dealkylation sites (N-methyl/N-ethyl adjacent to an activating group) is 1. The quantitative estimate of drug-likeness (QED) is 0.866. The summed E-state index contributed by atoms with van der Waals surface area (Å²) < 4.78 is 0. The lowest BCUT2D eigenvalue weighted by Crippen LogP contribution is -2.38. The van der Waals surface area contributed by atoms with E-state index >= 15 is 0 Å². The fraction of sp³-hybridized carbons (Fsp3) is 0.529. The van der Waals surface area contributed by atoms with Crippen LogP contribution in [0.25, 0.3) is 0 Å². The average molecular weight is 303 g/mol. The van der Waals surface area contributed by atoms with Gasteiger partial charge < -0.3 is 15.1 Å². The maximum atomic E-state index is 12.2. The molecule has 5 heteroatoms. The van der Waals surface area contributed by atoms with E-state index in [1.807, 2.05) is 51.2 Å². The van der Waals surface area contributed by atoms with Crippen LogP contribution in [0.15, 0.2) is 30.3 Å². The van der Waals surface area contributed by atoms with E-state index in [0.29, 0.717) is 19.5 Å². The molecular weight excluding hydrogens is 278 g/mol. The predicted octanol–water partition coefficient (Wildman–Crippen LogP) is 1.50. The minimum Gasteiger partial charge on any atom is -0.373 e. The summed E-state index contributed by atoms with van der Waals surface area (Å²) >= 11 is 0. The van der Waals surface area contributed by atoms with Crippen LogP contribution >= 0.6 is 0 Å². The Balaban J connectivity index is 1.76. The third-order valence-corrected chi connectivity index (χ3v) is 4.10. The number of hydrogen-bond acceptors (Lipinski definition) is 3. The van der Waals surface area contributed by atoms with E-state index in [1.165, 1.54) is 0 Å². The highest BCUT2D eigenvalue weighted by atomic mass is 16.2. The van der Waals surface area contributed by atoms with Crippen molar-refractivity contribution in [3.05, 3.63) is 30.3 Å². The zero-order chi connectivity index (χ0) is 16.1. The van der Waals surface area contributed by atoms with Gasteiger partial charge in [-0.3, -0.25) is 9.59 Å². The van der Waals surface area contributed by atoms with Gasteiger partial charge in [-0.25, -0.2) is 0 Å². The highest BCUT2D eigenvalue weighted by molar-refractivity contribution is 5.89. The molecule has 0 radical (unpaired) electrons. The van der Waals surface area contributed by atoms with Gasteiger partial charge in [0.2, 0.25) is 11.8 Å². The summed E-state index contributed by atoms with van der Waals surface area (Å²) in [6.45, 7) is 5.82. The molecule has 2 amide bonds. The molecule has 1 aliphatic heterocycles. The average Bonchev–Trinajstić information content (AvgIpc) is 2.90. The van der Waals surface area contributed by atoms with Crippen molar-refractivity contribution in [2.24, 2.45) is 5.92 Å². The first-order valence-corrected chi connectivity index (χ1v) is 7.82. The first-order chi connectivity index (χ1) is 10.5. The molecule has 22 heavy (non-hydrogen) atoms. The first kappa shape index (κ1) is 16.3. The number of hydrogen-bond donors (Lipinski definition) is 1. The zero-order valence-electron chi connectivity index (χ0n) is 13.6. The molecule has 1 heterocycles. The van der Waals surface area contributed by atoms with E-state index in [9.17, 15) is 9.59 Å². The number of rotatable bonds is 6. The number of para-hydroxylation sites is 1. The summed E-state index contributed by atoms with van der Waals surface area (Å²) in [5.41, 5.74) is 1.12. The summed E-state index contributed by atoms with van der Waals surface area (Å²) in [5.74, 6) is -0.147. The Bertz CT molecular complexity index is 516. The summed E-state index contributed by atoms with van der Waals surface area (Å²) in [4.78, 5) is 27.9. The van der Waals surface area contributed by atoms with Gasteiger partial charge in [0.15, 0.2) is 0 Å². The maximum absolute atomic E-state index is 12.2. The highest BCUT2D eigenvalue weighted by Gasteiger charge is 2.35. The monoisotopic (exact) mass is 303 g/mol. The molecule has 5 nitrogen and oxygen atoms in total. The van der Waals surface area contributed by atoms with Gasteiger partial charge in [0.05, 0.1) is 5.92 Å². The standard InChI is InChI=1S/C17H25N3O2/c1-13(2)20-12-14(11-16(20)21)17(22)18-9-10-19(3)15-7-5-4-6-8-15/h4-8,13-14H,9-12H2,1-3H3,(H,18,22). The van der Waals surface area contributed by atoms with Crippen molar-refractivity contribution < 1.29 is 9.59 Å². The van der Waals surface area contributed by atoms with Crippen molar-refractivity contribution in [1.29, 1.82) is 0 Å². The zero-order valence-corrected chi connectivity index (χ0v) is 13.6. The lowest BCUT2D eigenvalue weighted by atomic mass is 10.1. The van der Waals surface area contributed by atoms with Crippen molar-refractivity contribution in [3.63, 3.8) is 0 Å². The molecule has 0 spiro atoms. The van der Waals surface area contributed by atoms with Gasteiger partial charge >= 0.3 is 0 Å². The third-order valence-electron chi connectivity index (χ3n) is 4.10. The van der Waals surface area contributed by atoms with Gasteiger partial charge in [-0.1, -0.05) is 18.2 Å². The Kier molecular flexibility index (Phi) is 5.41. The van der Waals surface area contributed by atoms with Gasteiger partial charge in [0.1, 0.15) is 0 Å². The molecule has 0 bridgehead atoms. The number of benzene rings is 1. The van der Waals surface area contributed by atoms with E-state index in [4.69, 9.17) is 0 Å². The minimum absolute atomic E-state index is 0.0158. The number of nitrogens with one attached hydrogen (secondary N) is 1. The number of amides is 2. The second-order valence-corrected chi connectivity index (χ2v) is 6.09. The van der Waals surface area contributed by atoms with Crippen LogP contribution in [0.4, 0.5) is 5.69 Å². The van der Waals surface area contributed by atoms with Crippen molar-refractivity contribution in [1.82, 2.24) is 10.2 Å². The summed E-state index contributed by atoms with van der Waals surface area (Å²) in [6.07, 6.45) is 0.332. The van der Waals surface area contributed by atoms with Crippen LogP contribution < -0.4 is 10.2 Å². The minimum atomic E-state index is -0.211. The predicted molar refractivity (Wildman–Crippen MR) is 87.7 cm³/mol. The Morgan fingerprint density at radius 1 is 1.36 bits per heavy atom. The molecule has 1 aliphatic rings. The topological polar surface area (TPSA) is 52.7 Å². The SMILES string of the molecule is CC(C)N1CC(C(=O)NCCN(C)c2ccccc2)CC1=O. The molecule has 0 saturated carbocycles. The molecule has 0 aliphatic carbocycles. The highest BCUT2D eigenvalue weighted by Crippen LogP contribution is 2.20. The van der Waals surface area contributed by atoms with Crippen LogP contribution in [0, 0.1) is 5.92 Å². The lowest BCUT2D eigenvalue weighted by molar-refractivity contribution is -0.129. The molecule has 1 atom stereocenters. The van der Waals surface area contributed by atoms with Crippen molar-refractivity contribution in [2.45, 2.75) is 26.3 Å². The number of carbonyl (C=O) groups is 2. The van der Waals surface area contributed by atoms with Crippen LogP contribution in [0.2, 0.25) is 0 Å². The largest absolute Gasteiger partial charge is 0.373 e. The lowest BCUT2D eigenvalue weighted by Gasteiger charge is -2.21. The van der Waals surface area contributed by atoms with Crippen LogP contribution in [-0.4, -0.2) is 49.4 Å². The molecule has 1 aromatic rings. The van der Waals surface area contributed by atoms with Gasteiger partial charge in [-0.15, -0.1) is 0 Å². The molecule has 1 unspecified atom stereocenters. The summed E-state index contributed by atoms with van der Waals surface area (Å²) in [5, 5.41) is 2.95. The van der Waals surface area contributed by atoms with E-state index < -0.39 is 0 Å². The first-order valence-electron chi connectivity index (χ1n) is 7.82. The van der Waals surface area contributed by atoms with E-state index in [1.54, 1.807) is 4.90 Å². The van der Waals surface area contributed by atoms with Crippen LogP contribution in [0.3, 0.4) is 0 Å². The fourth-order valence-corrected chi connectivity index (χ4v) is 2.71. The smallest absolute Gasteiger partial charge is 0.225 e. The van der Waals surface area contributed by atoms with Crippen LogP contribution in [0.5, 0.6) is 0 Å². The van der Waals surface area contributed by atoms with Gasteiger partial charge in [-0.05, 0) is 26.0 Å². The summed E-state index contributed by atoms with van der Waals surface area (Å²) in [6, 6.07) is 10.2. The molecule has 1 saturated heterocycles. The molecule has 0 aromatic heterocycles. The Morgan fingerprint density at radius 2 is 2.05 bits per heavy atom. The molecule has 1 aromatic carbocycles. The number of carbonyl (C=O) groups excluding carboxylic acids is 2. The number of anilines is 1. The Morgan fingerprint density at radius 3 is 2.64 bits per heavy atom. The Labute approximate surface area is 132 Å². The second-order valence-electron chi connectivity index (χ2n) is 6.09. The second kappa shape index (κ2) is 7.29. The number of likely N-dealkylation sites (tertiary alicyclic amines) is 1. The fourth-order valence-electron chi connectivity index (χ4n) is 2.71. The number of nitrogens with zero attached hydrogens (tertiary/aromatic N) is 2. The normalized spacial score (nSPS) is 17.9. The Hall–Kier alpha value is -2.04. The van der Waals surface area contributed by atoms with Gasteiger partial charge in [0, 0.05) is 44.8 Å². The van der Waals surface area contributed by atoms with Crippen molar-refractivity contribution in [2.75, 3.05) is 31.6 Å². The van der Waals surface area contributed by atoms with E-state index in [-0.39, 0.29) is 23.8 Å². The van der Waals surface area contributed by atoms with Gasteiger partial charge in [-0.2, -0.15) is 0 Å². The van der Waals surface area contributed by atoms with Crippen LogP contribution in [0.1, 0.15) is 20.3 Å². The molecule has 2 rings (SSSR count). The molecule has 1 fully saturated rings. The summed E-state index contributed by atoms with van der Waals surface area (Å²) in [7, 11) is 2.00. The van der Waals surface area contributed by atoms with Crippen molar-refractivity contribution in [3.8, 4) is 0 Å². The van der Waals surface area contributed by atoms with E-state index in [0.717, 1.165) is 12.2 Å². The third kappa shape index (κ3) is 4.00. The van der Waals surface area contributed by atoms with Gasteiger partial charge in [0.25, 0.3) is 0 Å². The molecular formula is C17H25N3O2. The van der Waals surface area contributed by atoms with E-state index in [2.05, 4.69) is 10.2 Å². The maximum Gasteiger partial charge on any atom is 0.225 e. The molecule has 1 N–H and O–H groups in total. The van der Waals surface area contributed by atoms with Crippen LogP contribution in [-0.2, 0) is 9.59 Å².